The maximum atomic E-state index is 12.2. The molecule has 17 heavy (non-hydrogen) atoms. The highest BCUT2D eigenvalue weighted by atomic mass is 19.4. The van der Waals surface area contributed by atoms with E-state index in [-0.39, 0.29) is 23.1 Å². The minimum atomic E-state index is -4.67. The lowest BCUT2D eigenvalue weighted by Gasteiger charge is -2.13. The second-order valence-electron chi connectivity index (χ2n) is 4.91. The molecule has 2 rings (SSSR count). The predicted molar refractivity (Wildman–Crippen MR) is 57.6 cm³/mol. The molecule has 0 heterocycles. The molecule has 5 heteroatoms. The van der Waals surface area contributed by atoms with Crippen LogP contribution in [-0.4, -0.2) is 12.4 Å². The van der Waals surface area contributed by atoms with Crippen LogP contribution in [0.5, 0.6) is 5.75 Å². The first-order valence-corrected chi connectivity index (χ1v) is 5.34. The fourth-order valence-corrected chi connectivity index (χ4v) is 2.23. The summed E-state index contributed by atoms with van der Waals surface area (Å²) in [5.41, 5.74) is 6.23. The molecule has 0 saturated heterocycles. The minimum absolute atomic E-state index is 0.0824. The van der Waals surface area contributed by atoms with Crippen molar-refractivity contribution in [1.29, 1.82) is 0 Å². The number of benzene rings is 1. The van der Waals surface area contributed by atoms with Crippen molar-refractivity contribution in [2.75, 3.05) is 0 Å². The zero-order valence-corrected chi connectivity index (χ0v) is 9.58. The van der Waals surface area contributed by atoms with Gasteiger partial charge in [-0.2, -0.15) is 0 Å². The van der Waals surface area contributed by atoms with E-state index >= 15 is 0 Å². The van der Waals surface area contributed by atoms with Crippen molar-refractivity contribution in [2.24, 2.45) is 11.1 Å². The monoisotopic (exact) mass is 245 g/mol. The van der Waals surface area contributed by atoms with Crippen molar-refractivity contribution < 1.29 is 17.9 Å². The zero-order valence-electron chi connectivity index (χ0n) is 9.58. The summed E-state index contributed by atoms with van der Waals surface area (Å²) in [4.78, 5) is 0. The number of para-hydroxylation sites is 1. The Balaban J connectivity index is 2.30. The molecule has 1 aliphatic carbocycles. The van der Waals surface area contributed by atoms with Crippen LogP contribution in [0.25, 0.3) is 0 Å². The van der Waals surface area contributed by atoms with Crippen LogP contribution in [0.1, 0.15) is 25.3 Å². The summed E-state index contributed by atoms with van der Waals surface area (Å²) in [5, 5.41) is 0. The van der Waals surface area contributed by atoms with Gasteiger partial charge in [-0.1, -0.05) is 32.0 Å². The molecule has 94 valence electrons. The third-order valence-corrected chi connectivity index (χ3v) is 3.39. The van der Waals surface area contributed by atoms with E-state index in [1.54, 1.807) is 12.1 Å². The molecule has 1 aromatic carbocycles. The summed E-state index contributed by atoms with van der Waals surface area (Å²) in [6.45, 7) is 3.87. The van der Waals surface area contributed by atoms with Crippen LogP contribution in [0.3, 0.4) is 0 Å². The minimum Gasteiger partial charge on any atom is -0.405 e. The number of ether oxygens (including phenoxy) is 1. The average Bonchev–Trinajstić information content (AvgIpc) is 2.65. The van der Waals surface area contributed by atoms with Crippen LogP contribution in [0.2, 0.25) is 0 Å². The molecule has 0 amide bonds. The summed E-state index contributed by atoms with van der Waals surface area (Å²) < 4.78 is 40.7. The smallest absolute Gasteiger partial charge is 0.405 e. The lowest BCUT2D eigenvalue weighted by Crippen LogP contribution is -2.18. The lowest BCUT2D eigenvalue weighted by molar-refractivity contribution is -0.274. The van der Waals surface area contributed by atoms with Crippen LogP contribution < -0.4 is 10.5 Å². The molecule has 1 aromatic rings. The van der Waals surface area contributed by atoms with Crippen molar-refractivity contribution >= 4 is 0 Å². The number of alkyl halides is 3. The maximum absolute atomic E-state index is 12.2. The van der Waals surface area contributed by atoms with Gasteiger partial charge in [-0.25, -0.2) is 0 Å². The Morgan fingerprint density at radius 3 is 2.24 bits per heavy atom. The molecule has 0 spiro atoms. The Labute approximate surface area is 97.6 Å². The largest absolute Gasteiger partial charge is 0.573 e. The van der Waals surface area contributed by atoms with Gasteiger partial charge in [0, 0.05) is 12.0 Å². The molecule has 2 atom stereocenters. The first-order valence-electron chi connectivity index (χ1n) is 5.34. The fourth-order valence-electron chi connectivity index (χ4n) is 2.23. The Morgan fingerprint density at radius 2 is 1.76 bits per heavy atom. The van der Waals surface area contributed by atoms with Gasteiger partial charge in [0.05, 0.1) is 0 Å². The molecule has 0 aromatic heterocycles. The highest BCUT2D eigenvalue weighted by Crippen LogP contribution is 2.59. The molecule has 2 N–H and O–H groups in total. The molecular weight excluding hydrogens is 231 g/mol. The molecule has 1 fully saturated rings. The summed E-state index contributed by atoms with van der Waals surface area (Å²) in [5.74, 6) is -0.230. The van der Waals surface area contributed by atoms with E-state index in [0.717, 1.165) is 0 Å². The van der Waals surface area contributed by atoms with E-state index in [4.69, 9.17) is 5.73 Å². The summed E-state index contributed by atoms with van der Waals surface area (Å²) >= 11 is 0. The summed E-state index contributed by atoms with van der Waals surface area (Å²) in [6.07, 6.45) is -4.67. The van der Waals surface area contributed by atoms with E-state index in [0.29, 0.717) is 5.56 Å². The van der Waals surface area contributed by atoms with Gasteiger partial charge in [0.15, 0.2) is 0 Å². The number of nitrogens with two attached hydrogens (primary N) is 1. The van der Waals surface area contributed by atoms with E-state index in [1.165, 1.54) is 12.1 Å². The van der Waals surface area contributed by atoms with Crippen molar-refractivity contribution in [1.82, 2.24) is 0 Å². The second kappa shape index (κ2) is 3.63. The number of hydrogen-bond acceptors (Lipinski definition) is 2. The third-order valence-electron chi connectivity index (χ3n) is 3.39. The van der Waals surface area contributed by atoms with Gasteiger partial charge in [-0.3, -0.25) is 0 Å². The molecule has 2 nitrogen and oxygen atoms in total. The van der Waals surface area contributed by atoms with E-state index in [2.05, 4.69) is 4.74 Å². The zero-order chi connectivity index (χ0) is 12.8. The first kappa shape index (κ1) is 12.2. The molecule has 1 saturated carbocycles. The number of rotatable bonds is 2. The normalized spacial score (nSPS) is 26.7. The van der Waals surface area contributed by atoms with Gasteiger partial charge >= 0.3 is 6.36 Å². The fraction of sp³-hybridized carbons (Fsp3) is 0.500. The SMILES string of the molecule is CC1(C)[C@@H](N)[C@@H]1c1ccccc1OC(F)(F)F. The van der Waals surface area contributed by atoms with E-state index < -0.39 is 6.36 Å². The van der Waals surface area contributed by atoms with Crippen LogP contribution in [0.15, 0.2) is 24.3 Å². The Bertz CT molecular complexity index is 428. The van der Waals surface area contributed by atoms with E-state index in [9.17, 15) is 13.2 Å². The van der Waals surface area contributed by atoms with Gasteiger partial charge in [-0.15, -0.1) is 13.2 Å². The van der Waals surface area contributed by atoms with Gasteiger partial charge < -0.3 is 10.5 Å². The number of halogens is 3. The van der Waals surface area contributed by atoms with Gasteiger partial charge in [0.25, 0.3) is 0 Å². The lowest BCUT2D eigenvalue weighted by atomic mass is 10.0. The third kappa shape index (κ3) is 2.24. The van der Waals surface area contributed by atoms with Crippen molar-refractivity contribution in [3.05, 3.63) is 29.8 Å². The highest BCUT2D eigenvalue weighted by Gasteiger charge is 2.57. The van der Waals surface area contributed by atoms with Gasteiger partial charge in [-0.05, 0) is 17.0 Å². The average molecular weight is 245 g/mol. The summed E-state index contributed by atoms with van der Waals surface area (Å²) in [7, 11) is 0. The van der Waals surface area contributed by atoms with Crippen molar-refractivity contribution in [3.63, 3.8) is 0 Å². The van der Waals surface area contributed by atoms with Gasteiger partial charge in [0.1, 0.15) is 5.75 Å². The van der Waals surface area contributed by atoms with Crippen LogP contribution >= 0.6 is 0 Å². The maximum Gasteiger partial charge on any atom is 0.573 e. The quantitative estimate of drug-likeness (QED) is 0.869. The molecule has 0 bridgehead atoms. The molecule has 0 radical (unpaired) electrons. The number of hydrogen-bond donors (Lipinski definition) is 1. The predicted octanol–water partition coefficient (Wildman–Crippen LogP) is 3.04. The van der Waals surface area contributed by atoms with Crippen molar-refractivity contribution in [3.8, 4) is 5.75 Å². The molecular formula is C12H14F3NO. The van der Waals surface area contributed by atoms with Crippen molar-refractivity contribution in [2.45, 2.75) is 32.2 Å². The molecule has 0 aliphatic heterocycles. The van der Waals surface area contributed by atoms with E-state index in [1.807, 2.05) is 13.8 Å². The van der Waals surface area contributed by atoms with Crippen LogP contribution in [-0.2, 0) is 0 Å². The standard InChI is InChI=1S/C12H14F3NO/c1-11(2)9(10(11)16)7-5-3-4-6-8(7)17-12(13,14)15/h3-6,9-10H,16H2,1-2H3/t9-,10-/m0/s1. The first-order chi connectivity index (χ1) is 7.73. The topological polar surface area (TPSA) is 35.2 Å². The second-order valence-corrected chi connectivity index (χ2v) is 4.91. The van der Waals surface area contributed by atoms with Gasteiger partial charge in [0.2, 0.25) is 0 Å². The Hall–Kier alpha value is -1.23. The molecule has 0 unspecified atom stereocenters. The summed E-state index contributed by atoms with van der Waals surface area (Å²) in [6, 6.07) is 6.05. The van der Waals surface area contributed by atoms with Crippen LogP contribution in [0.4, 0.5) is 13.2 Å². The Morgan fingerprint density at radius 1 is 1.24 bits per heavy atom. The highest BCUT2D eigenvalue weighted by molar-refractivity contribution is 5.44. The Kier molecular flexibility index (Phi) is 2.61. The molecule has 1 aliphatic rings. The van der Waals surface area contributed by atoms with Crippen LogP contribution in [0, 0.1) is 5.41 Å².